The van der Waals surface area contributed by atoms with Crippen LogP contribution in [0.1, 0.15) is 5.56 Å². The molecule has 0 aliphatic heterocycles. The Balaban J connectivity index is 1.78. The molecule has 0 atom stereocenters. The van der Waals surface area contributed by atoms with E-state index < -0.39 is 5.82 Å². The minimum Gasteiger partial charge on any atom is -0.325 e. The molecule has 0 saturated carbocycles. The zero-order chi connectivity index (χ0) is 15.2. The molecule has 3 nitrogen and oxygen atoms in total. The van der Waals surface area contributed by atoms with E-state index in [1.807, 2.05) is 0 Å². The molecule has 2 rings (SSSR count). The van der Waals surface area contributed by atoms with E-state index in [9.17, 15) is 9.18 Å². The average Bonchev–Trinajstić information content (AvgIpc) is 2.45. The van der Waals surface area contributed by atoms with Crippen LogP contribution in [-0.2, 0) is 11.3 Å². The number of halogens is 3. The molecule has 21 heavy (non-hydrogen) atoms. The van der Waals surface area contributed by atoms with Crippen molar-refractivity contribution in [2.24, 2.45) is 0 Å². The largest absolute Gasteiger partial charge is 0.325 e. The number of anilines is 1. The third-order valence-corrected chi connectivity index (χ3v) is 3.27. The third kappa shape index (κ3) is 5.01. The lowest BCUT2D eigenvalue weighted by Gasteiger charge is -2.07. The number of carbonyl (C=O) groups is 1. The Labute approximate surface area is 132 Å². The average molecular weight is 327 g/mol. The van der Waals surface area contributed by atoms with Crippen molar-refractivity contribution < 1.29 is 9.18 Å². The summed E-state index contributed by atoms with van der Waals surface area (Å²) in [6.45, 7) is 0.561. The van der Waals surface area contributed by atoms with Crippen LogP contribution in [0.3, 0.4) is 0 Å². The van der Waals surface area contributed by atoms with E-state index in [-0.39, 0.29) is 17.5 Å². The van der Waals surface area contributed by atoms with Crippen molar-refractivity contribution in [3.63, 3.8) is 0 Å². The number of nitrogens with one attached hydrogen (secondary N) is 2. The first-order valence-electron chi connectivity index (χ1n) is 6.24. The molecule has 0 bridgehead atoms. The lowest BCUT2D eigenvalue weighted by Crippen LogP contribution is -2.27. The lowest BCUT2D eigenvalue weighted by molar-refractivity contribution is -0.115. The van der Waals surface area contributed by atoms with E-state index in [0.717, 1.165) is 5.56 Å². The number of carbonyl (C=O) groups excluding carboxylic acids is 1. The predicted octanol–water partition coefficient (Wildman–Crippen LogP) is 3.86. The van der Waals surface area contributed by atoms with Gasteiger partial charge < -0.3 is 10.6 Å². The van der Waals surface area contributed by atoms with E-state index in [1.54, 1.807) is 30.3 Å². The summed E-state index contributed by atoms with van der Waals surface area (Å²) >= 11 is 11.4. The third-order valence-electron chi connectivity index (χ3n) is 2.73. The van der Waals surface area contributed by atoms with Crippen LogP contribution in [0.15, 0.2) is 42.5 Å². The highest BCUT2D eigenvalue weighted by Crippen LogP contribution is 2.16. The molecule has 0 fully saturated rings. The van der Waals surface area contributed by atoms with Gasteiger partial charge in [-0.05, 0) is 42.0 Å². The minimum absolute atomic E-state index is 0.0694. The highest BCUT2D eigenvalue weighted by atomic mass is 35.5. The Morgan fingerprint density at radius 2 is 1.81 bits per heavy atom. The number of rotatable bonds is 5. The summed E-state index contributed by atoms with van der Waals surface area (Å²) < 4.78 is 13.0. The fourth-order valence-electron chi connectivity index (χ4n) is 1.71. The molecule has 6 heteroatoms. The Morgan fingerprint density at radius 1 is 1.10 bits per heavy atom. The van der Waals surface area contributed by atoms with Crippen LogP contribution in [0.4, 0.5) is 10.1 Å². The van der Waals surface area contributed by atoms with Gasteiger partial charge in [-0.2, -0.15) is 0 Å². The highest BCUT2D eigenvalue weighted by molar-refractivity contribution is 6.31. The summed E-state index contributed by atoms with van der Waals surface area (Å²) in [7, 11) is 0. The molecule has 0 aliphatic rings. The fourth-order valence-corrected chi connectivity index (χ4v) is 2.04. The molecule has 0 spiro atoms. The molecule has 0 aromatic heterocycles. The second-order valence-electron chi connectivity index (χ2n) is 4.41. The molecule has 2 N–H and O–H groups in total. The second kappa shape index (κ2) is 7.41. The zero-order valence-corrected chi connectivity index (χ0v) is 12.5. The number of benzene rings is 2. The minimum atomic E-state index is -0.458. The van der Waals surface area contributed by atoms with Gasteiger partial charge in [0, 0.05) is 17.3 Å². The molecule has 0 radical (unpaired) electrons. The maximum Gasteiger partial charge on any atom is 0.238 e. The zero-order valence-electron chi connectivity index (χ0n) is 11.0. The number of hydrogen-bond donors (Lipinski definition) is 2. The lowest BCUT2D eigenvalue weighted by atomic mass is 10.2. The number of amides is 1. The van der Waals surface area contributed by atoms with E-state index >= 15 is 0 Å². The first-order valence-corrected chi connectivity index (χ1v) is 7.00. The predicted molar refractivity (Wildman–Crippen MR) is 83.2 cm³/mol. The molecule has 2 aromatic rings. The maximum absolute atomic E-state index is 13.0. The van der Waals surface area contributed by atoms with E-state index in [4.69, 9.17) is 23.2 Å². The monoisotopic (exact) mass is 326 g/mol. The van der Waals surface area contributed by atoms with E-state index in [2.05, 4.69) is 10.6 Å². The molecular formula is C15H13Cl2FN2O. The van der Waals surface area contributed by atoms with Crippen molar-refractivity contribution in [1.82, 2.24) is 5.32 Å². The first-order chi connectivity index (χ1) is 10.0. The van der Waals surface area contributed by atoms with Crippen molar-refractivity contribution in [2.75, 3.05) is 11.9 Å². The quantitative estimate of drug-likeness (QED) is 0.875. The summed E-state index contributed by atoms with van der Waals surface area (Å²) in [5.74, 6) is -0.633. The summed E-state index contributed by atoms with van der Waals surface area (Å²) in [5, 5.41) is 6.37. The van der Waals surface area contributed by atoms with Gasteiger partial charge in [-0.1, -0.05) is 29.3 Å². The van der Waals surface area contributed by atoms with Gasteiger partial charge in [0.25, 0.3) is 0 Å². The fraction of sp³-hybridized carbons (Fsp3) is 0.133. The van der Waals surface area contributed by atoms with Gasteiger partial charge in [-0.25, -0.2) is 4.39 Å². The Hall–Kier alpha value is -1.62. The van der Waals surface area contributed by atoms with Crippen LogP contribution < -0.4 is 10.6 Å². The van der Waals surface area contributed by atoms with Gasteiger partial charge in [0.1, 0.15) is 5.82 Å². The Kier molecular flexibility index (Phi) is 5.56. The normalized spacial score (nSPS) is 10.4. The smallest absolute Gasteiger partial charge is 0.238 e. The van der Waals surface area contributed by atoms with Gasteiger partial charge >= 0.3 is 0 Å². The summed E-state index contributed by atoms with van der Waals surface area (Å²) in [4.78, 5) is 11.7. The van der Waals surface area contributed by atoms with Crippen LogP contribution in [0.25, 0.3) is 0 Å². The topological polar surface area (TPSA) is 41.1 Å². The van der Waals surface area contributed by atoms with E-state index in [0.29, 0.717) is 17.3 Å². The Morgan fingerprint density at radius 3 is 2.48 bits per heavy atom. The summed E-state index contributed by atoms with van der Waals surface area (Å²) in [5.41, 5.74) is 1.48. The molecule has 0 heterocycles. The van der Waals surface area contributed by atoms with Crippen molar-refractivity contribution >= 4 is 34.8 Å². The van der Waals surface area contributed by atoms with Crippen LogP contribution in [0.5, 0.6) is 0 Å². The van der Waals surface area contributed by atoms with Gasteiger partial charge in [0.2, 0.25) is 5.91 Å². The van der Waals surface area contributed by atoms with Crippen LogP contribution in [-0.4, -0.2) is 12.5 Å². The molecule has 0 unspecified atom stereocenters. The van der Waals surface area contributed by atoms with Crippen LogP contribution in [0.2, 0.25) is 10.0 Å². The van der Waals surface area contributed by atoms with Gasteiger partial charge in [0.05, 0.1) is 11.6 Å². The summed E-state index contributed by atoms with van der Waals surface area (Å²) in [6, 6.07) is 11.3. The molecular weight excluding hydrogens is 314 g/mol. The number of hydrogen-bond acceptors (Lipinski definition) is 2. The van der Waals surface area contributed by atoms with Crippen molar-refractivity contribution in [1.29, 1.82) is 0 Å². The van der Waals surface area contributed by atoms with Gasteiger partial charge in [-0.3, -0.25) is 4.79 Å². The maximum atomic E-state index is 13.0. The second-order valence-corrected chi connectivity index (χ2v) is 5.25. The molecule has 2 aromatic carbocycles. The summed E-state index contributed by atoms with van der Waals surface area (Å²) in [6.07, 6.45) is 0. The Bertz CT molecular complexity index is 632. The van der Waals surface area contributed by atoms with Gasteiger partial charge in [0.15, 0.2) is 0 Å². The van der Waals surface area contributed by atoms with Crippen LogP contribution >= 0.6 is 23.2 Å². The highest BCUT2D eigenvalue weighted by Gasteiger charge is 2.04. The molecule has 0 saturated heterocycles. The van der Waals surface area contributed by atoms with E-state index in [1.165, 1.54) is 12.1 Å². The molecule has 0 aliphatic carbocycles. The SMILES string of the molecule is O=C(CNCc1ccc(F)c(Cl)c1)Nc1ccc(Cl)cc1. The van der Waals surface area contributed by atoms with Crippen molar-refractivity contribution in [3.8, 4) is 0 Å². The molecule has 1 amide bonds. The van der Waals surface area contributed by atoms with Gasteiger partial charge in [-0.15, -0.1) is 0 Å². The standard InChI is InChI=1S/C15H13Cl2FN2O/c16-11-2-4-12(5-3-11)20-15(21)9-19-8-10-1-6-14(18)13(17)7-10/h1-7,19H,8-9H2,(H,20,21). The first kappa shape index (κ1) is 15.8. The van der Waals surface area contributed by atoms with Crippen molar-refractivity contribution in [2.45, 2.75) is 6.54 Å². The van der Waals surface area contributed by atoms with Crippen molar-refractivity contribution in [3.05, 3.63) is 63.9 Å². The van der Waals surface area contributed by atoms with Crippen LogP contribution in [0, 0.1) is 5.82 Å². The molecule has 110 valence electrons.